The first-order valence-electron chi connectivity index (χ1n) is 7.66. The average Bonchev–Trinajstić information content (AvgIpc) is 2.80. The van der Waals surface area contributed by atoms with Crippen molar-refractivity contribution in [2.75, 3.05) is 40.3 Å². The molecule has 1 rings (SSSR count). The van der Waals surface area contributed by atoms with Crippen molar-refractivity contribution in [3.63, 3.8) is 0 Å². The minimum absolute atomic E-state index is 0.671. The number of hydrogen-bond acceptors (Lipinski definition) is 4. The SMILES string of the molecule is CCNCc1ccoc1CN(CCN(C)C)CC(C)C. The molecule has 0 spiro atoms. The van der Waals surface area contributed by atoms with E-state index < -0.39 is 0 Å². The first-order valence-corrected chi connectivity index (χ1v) is 7.66. The van der Waals surface area contributed by atoms with E-state index in [9.17, 15) is 0 Å². The molecule has 116 valence electrons. The maximum Gasteiger partial charge on any atom is 0.122 e. The van der Waals surface area contributed by atoms with Gasteiger partial charge in [-0.15, -0.1) is 0 Å². The van der Waals surface area contributed by atoms with Gasteiger partial charge in [0.1, 0.15) is 5.76 Å². The Bertz CT molecular complexity index is 360. The quantitative estimate of drug-likeness (QED) is 0.714. The third-order valence-corrected chi connectivity index (χ3v) is 3.26. The lowest BCUT2D eigenvalue weighted by molar-refractivity contribution is 0.197. The first-order chi connectivity index (χ1) is 9.52. The number of rotatable bonds is 10. The Kier molecular flexibility index (Phi) is 7.88. The molecule has 1 aromatic rings. The third-order valence-electron chi connectivity index (χ3n) is 3.26. The van der Waals surface area contributed by atoms with Crippen LogP contribution >= 0.6 is 0 Å². The number of furan rings is 1. The highest BCUT2D eigenvalue weighted by molar-refractivity contribution is 5.16. The summed E-state index contributed by atoms with van der Waals surface area (Å²) >= 11 is 0. The predicted molar refractivity (Wildman–Crippen MR) is 84.8 cm³/mol. The average molecular weight is 281 g/mol. The first kappa shape index (κ1) is 17.2. The lowest BCUT2D eigenvalue weighted by atomic mass is 10.2. The Hall–Kier alpha value is -0.840. The molecule has 0 aliphatic heterocycles. The van der Waals surface area contributed by atoms with Crippen molar-refractivity contribution in [3.8, 4) is 0 Å². The van der Waals surface area contributed by atoms with Gasteiger partial charge in [-0.05, 0) is 32.6 Å². The molecule has 0 radical (unpaired) electrons. The molecule has 0 aliphatic rings. The van der Waals surface area contributed by atoms with Crippen molar-refractivity contribution in [2.24, 2.45) is 5.92 Å². The van der Waals surface area contributed by atoms with Crippen LogP contribution in [0.25, 0.3) is 0 Å². The molecule has 0 saturated heterocycles. The number of nitrogens with zero attached hydrogens (tertiary/aromatic N) is 2. The third kappa shape index (κ3) is 6.55. The van der Waals surface area contributed by atoms with Crippen LogP contribution in [0, 0.1) is 5.92 Å². The summed E-state index contributed by atoms with van der Waals surface area (Å²) < 4.78 is 5.69. The Labute approximate surface area is 124 Å². The molecule has 1 heterocycles. The molecule has 0 saturated carbocycles. The monoisotopic (exact) mass is 281 g/mol. The van der Waals surface area contributed by atoms with Gasteiger partial charge >= 0.3 is 0 Å². The van der Waals surface area contributed by atoms with Crippen LogP contribution < -0.4 is 5.32 Å². The van der Waals surface area contributed by atoms with Crippen LogP contribution in [0.3, 0.4) is 0 Å². The molecule has 0 bridgehead atoms. The lowest BCUT2D eigenvalue weighted by Gasteiger charge is -2.25. The van der Waals surface area contributed by atoms with E-state index in [-0.39, 0.29) is 0 Å². The summed E-state index contributed by atoms with van der Waals surface area (Å²) in [5.41, 5.74) is 1.28. The van der Waals surface area contributed by atoms with Crippen molar-refractivity contribution < 1.29 is 4.42 Å². The Morgan fingerprint density at radius 2 is 2.00 bits per heavy atom. The molecular weight excluding hydrogens is 250 g/mol. The zero-order chi connectivity index (χ0) is 15.0. The van der Waals surface area contributed by atoms with E-state index in [2.05, 4.69) is 56.0 Å². The zero-order valence-electron chi connectivity index (χ0n) is 13.8. The summed E-state index contributed by atoms with van der Waals surface area (Å²) in [4.78, 5) is 4.72. The minimum atomic E-state index is 0.671. The van der Waals surface area contributed by atoms with Crippen LogP contribution in [-0.2, 0) is 13.1 Å². The van der Waals surface area contributed by atoms with Crippen LogP contribution in [-0.4, -0.2) is 50.1 Å². The highest BCUT2D eigenvalue weighted by atomic mass is 16.3. The van der Waals surface area contributed by atoms with E-state index in [4.69, 9.17) is 4.42 Å². The molecule has 0 aliphatic carbocycles. The molecule has 1 aromatic heterocycles. The summed E-state index contributed by atoms with van der Waals surface area (Å²) in [5.74, 6) is 1.77. The number of hydrogen-bond donors (Lipinski definition) is 1. The van der Waals surface area contributed by atoms with Crippen molar-refractivity contribution in [1.29, 1.82) is 0 Å². The maximum atomic E-state index is 5.69. The topological polar surface area (TPSA) is 31.7 Å². The van der Waals surface area contributed by atoms with Gasteiger partial charge in [-0.25, -0.2) is 0 Å². The largest absolute Gasteiger partial charge is 0.468 e. The van der Waals surface area contributed by atoms with Gasteiger partial charge in [0, 0.05) is 31.7 Å². The molecule has 0 aromatic carbocycles. The fourth-order valence-electron chi connectivity index (χ4n) is 2.22. The summed E-state index contributed by atoms with van der Waals surface area (Å²) in [7, 11) is 4.24. The molecule has 1 N–H and O–H groups in total. The van der Waals surface area contributed by atoms with E-state index in [1.54, 1.807) is 0 Å². The number of nitrogens with one attached hydrogen (secondary N) is 1. The zero-order valence-corrected chi connectivity index (χ0v) is 13.8. The lowest BCUT2D eigenvalue weighted by Crippen LogP contribution is -2.34. The summed E-state index contributed by atoms with van der Waals surface area (Å²) in [6.07, 6.45) is 1.81. The van der Waals surface area contributed by atoms with Crippen molar-refractivity contribution in [1.82, 2.24) is 15.1 Å². The molecule has 20 heavy (non-hydrogen) atoms. The van der Waals surface area contributed by atoms with Crippen LogP contribution in [0.5, 0.6) is 0 Å². The smallest absolute Gasteiger partial charge is 0.122 e. The van der Waals surface area contributed by atoms with Crippen molar-refractivity contribution in [3.05, 3.63) is 23.7 Å². The van der Waals surface area contributed by atoms with Crippen LogP contribution in [0.15, 0.2) is 16.7 Å². The second-order valence-corrected chi connectivity index (χ2v) is 6.08. The van der Waals surface area contributed by atoms with Gasteiger partial charge in [0.15, 0.2) is 0 Å². The fourth-order valence-corrected chi connectivity index (χ4v) is 2.22. The van der Waals surface area contributed by atoms with E-state index in [1.165, 1.54) is 5.56 Å². The molecule has 0 fully saturated rings. The van der Waals surface area contributed by atoms with E-state index in [0.717, 1.165) is 45.0 Å². The van der Waals surface area contributed by atoms with Crippen LogP contribution in [0.1, 0.15) is 32.1 Å². The molecule has 4 heteroatoms. The van der Waals surface area contributed by atoms with E-state index >= 15 is 0 Å². The Morgan fingerprint density at radius 1 is 1.25 bits per heavy atom. The molecule has 0 atom stereocenters. The van der Waals surface area contributed by atoms with Crippen LogP contribution in [0.4, 0.5) is 0 Å². The normalized spacial score (nSPS) is 12.0. The van der Waals surface area contributed by atoms with Gasteiger partial charge in [-0.1, -0.05) is 20.8 Å². The standard InChI is InChI=1S/C16H31N3O/c1-6-17-11-15-7-10-20-16(15)13-19(12-14(2)3)9-8-18(4)5/h7,10,14,17H,6,8-9,11-13H2,1-5H3. The molecule has 0 amide bonds. The van der Waals surface area contributed by atoms with E-state index in [1.807, 2.05) is 6.26 Å². The number of likely N-dealkylation sites (N-methyl/N-ethyl adjacent to an activating group) is 1. The van der Waals surface area contributed by atoms with E-state index in [0.29, 0.717) is 5.92 Å². The molecular formula is C16H31N3O. The summed E-state index contributed by atoms with van der Waals surface area (Å²) in [6.45, 7) is 12.7. The van der Waals surface area contributed by atoms with Crippen LogP contribution in [0.2, 0.25) is 0 Å². The van der Waals surface area contributed by atoms with Gasteiger partial charge in [0.05, 0.1) is 12.8 Å². The minimum Gasteiger partial charge on any atom is -0.468 e. The second kappa shape index (κ2) is 9.16. The van der Waals surface area contributed by atoms with Gasteiger partial charge in [-0.2, -0.15) is 0 Å². The Balaban J connectivity index is 2.60. The highest BCUT2D eigenvalue weighted by Crippen LogP contribution is 2.14. The maximum absolute atomic E-state index is 5.69. The summed E-state index contributed by atoms with van der Waals surface area (Å²) in [5, 5.41) is 3.37. The van der Waals surface area contributed by atoms with Gasteiger partial charge in [-0.3, -0.25) is 4.90 Å². The molecule has 4 nitrogen and oxygen atoms in total. The predicted octanol–water partition coefficient (Wildman–Crippen LogP) is 2.41. The van der Waals surface area contributed by atoms with Gasteiger partial charge in [0.25, 0.3) is 0 Å². The van der Waals surface area contributed by atoms with Crippen molar-refractivity contribution >= 4 is 0 Å². The summed E-state index contributed by atoms with van der Waals surface area (Å²) in [6, 6.07) is 2.08. The Morgan fingerprint density at radius 3 is 2.60 bits per heavy atom. The second-order valence-electron chi connectivity index (χ2n) is 6.08. The van der Waals surface area contributed by atoms with Gasteiger partial charge < -0.3 is 14.6 Å². The van der Waals surface area contributed by atoms with Gasteiger partial charge in [0.2, 0.25) is 0 Å². The van der Waals surface area contributed by atoms with Crippen molar-refractivity contribution in [2.45, 2.75) is 33.9 Å². The molecule has 0 unspecified atom stereocenters. The highest BCUT2D eigenvalue weighted by Gasteiger charge is 2.13. The fraction of sp³-hybridized carbons (Fsp3) is 0.750.